The number of carbonyl (C=O) groups excluding carboxylic acids is 1. The van der Waals surface area contributed by atoms with Crippen molar-refractivity contribution in [2.75, 3.05) is 19.6 Å². The maximum absolute atomic E-state index is 11.8. The van der Waals surface area contributed by atoms with Crippen molar-refractivity contribution in [3.63, 3.8) is 0 Å². The highest BCUT2D eigenvalue weighted by molar-refractivity contribution is 6.34. The Morgan fingerprint density at radius 1 is 1.37 bits per heavy atom. The first-order valence-corrected chi connectivity index (χ1v) is 6.37. The van der Waals surface area contributed by atoms with Crippen LogP contribution in [-0.4, -0.2) is 30.5 Å². The molecule has 0 aliphatic heterocycles. The van der Waals surface area contributed by atoms with Gasteiger partial charge in [0.05, 0.1) is 15.5 Å². The first-order valence-electron chi connectivity index (χ1n) is 5.99. The van der Waals surface area contributed by atoms with Gasteiger partial charge in [-0.05, 0) is 19.0 Å². The van der Waals surface area contributed by atoms with Gasteiger partial charge in [-0.15, -0.1) is 0 Å². The zero-order valence-corrected chi connectivity index (χ0v) is 11.4. The number of carbonyl (C=O) groups is 1. The fourth-order valence-corrected chi connectivity index (χ4v) is 1.72. The topological polar surface area (TPSA) is 84.3 Å². The van der Waals surface area contributed by atoms with Crippen molar-refractivity contribution in [1.82, 2.24) is 10.6 Å². The molecule has 0 saturated heterocycles. The fourth-order valence-electron chi connectivity index (χ4n) is 1.46. The number of nitrogens with zero attached hydrogens (tertiary/aromatic N) is 1. The molecule has 0 heterocycles. The van der Waals surface area contributed by atoms with Gasteiger partial charge in [0.25, 0.3) is 11.6 Å². The molecule has 0 atom stereocenters. The molecule has 2 N–H and O–H groups in total. The molecule has 1 amide bonds. The molecule has 0 aliphatic carbocycles. The Balaban J connectivity index is 2.55. The van der Waals surface area contributed by atoms with E-state index in [2.05, 4.69) is 17.6 Å². The van der Waals surface area contributed by atoms with Crippen molar-refractivity contribution >= 4 is 23.2 Å². The molecule has 0 spiro atoms. The largest absolute Gasteiger partial charge is 0.351 e. The number of nitro groups is 1. The van der Waals surface area contributed by atoms with Crippen LogP contribution in [0.1, 0.15) is 23.7 Å². The number of amides is 1. The Bertz CT molecular complexity index is 466. The van der Waals surface area contributed by atoms with E-state index in [1.165, 1.54) is 18.2 Å². The van der Waals surface area contributed by atoms with Crippen molar-refractivity contribution in [2.45, 2.75) is 13.3 Å². The molecule has 7 heteroatoms. The minimum atomic E-state index is -0.553. The second-order valence-electron chi connectivity index (χ2n) is 3.93. The number of nitro benzene ring substituents is 1. The molecule has 0 bridgehead atoms. The summed E-state index contributed by atoms with van der Waals surface area (Å²) in [6.07, 6.45) is 1.03. The highest BCUT2D eigenvalue weighted by atomic mass is 35.5. The van der Waals surface area contributed by atoms with Crippen LogP contribution >= 0.6 is 11.6 Å². The number of benzene rings is 1. The monoisotopic (exact) mass is 285 g/mol. The van der Waals surface area contributed by atoms with Gasteiger partial charge in [0, 0.05) is 25.2 Å². The van der Waals surface area contributed by atoms with Crippen LogP contribution < -0.4 is 10.6 Å². The minimum Gasteiger partial charge on any atom is -0.351 e. The Morgan fingerprint density at radius 3 is 2.68 bits per heavy atom. The molecule has 0 aliphatic rings. The second-order valence-corrected chi connectivity index (χ2v) is 4.33. The lowest BCUT2D eigenvalue weighted by Gasteiger charge is -2.07. The van der Waals surface area contributed by atoms with Gasteiger partial charge in [0.15, 0.2) is 0 Å². The number of hydrogen-bond donors (Lipinski definition) is 2. The average Bonchev–Trinajstić information content (AvgIpc) is 2.38. The van der Waals surface area contributed by atoms with Gasteiger partial charge in [-0.2, -0.15) is 0 Å². The zero-order valence-electron chi connectivity index (χ0n) is 10.6. The van der Waals surface area contributed by atoms with E-state index in [1.807, 2.05) is 0 Å². The van der Waals surface area contributed by atoms with Crippen LogP contribution in [0, 0.1) is 10.1 Å². The molecule has 0 unspecified atom stereocenters. The molecule has 0 radical (unpaired) electrons. The Morgan fingerprint density at radius 2 is 2.11 bits per heavy atom. The van der Waals surface area contributed by atoms with Gasteiger partial charge in [0.2, 0.25) is 0 Å². The molecule has 104 valence electrons. The van der Waals surface area contributed by atoms with E-state index in [1.54, 1.807) is 0 Å². The van der Waals surface area contributed by atoms with E-state index in [0.717, 1.165) is 13.0 Å². The summed E-state index contributed by atoms with van der Waals surface area (Å²) in [5, 5.41) is 16.5. The molecule has 0 aromatic heterocycles. The molecule has 6 nitrogen and oxygen atoms in total. The lowest BCUT2D eigenvalue weighted by atomic mass is 10.2. The van der Waals surface area contributed by atoms with Crippen LogP contribution in [0.3, 0.4) is 0 Å². The lowest BCUT2D eigenvalue weighted by Crippen LogP contribution is -2.32. The highest BCUT2D eigenvalue weighted by Crippen LogP contribution is 2.22. The maximum atomic E-state index is 11.8. The van der Waals surface area contributed by atoms with Crippen LogP contribution in [0.2, 0.25) is 5.02 Å². The van der Waals surface area contributed by atoms with Gasteiger partial charge in [-0.25, -0.2) is 0 Å². The number of non-ortho nitro benzene ring substituents is 1. The molecule has 0 saturated carbocycles. The third kappa shape index (κ3) is 4.84. The Labute approximate surface area is 116 Å². The lowest BCUT2D eigenvalue weighted by molar-refractivity contribution is -0.384. The SMILES string of the molecule is CCCNCCNC(=O)c1ccc([N+](=O)[O-])cc1Cl. The van der Waals surface area contributed by atoms with Crippen LogP contribution in [0.5, 0.6) is 0 Å². The normalized spacial score (nSPS) is 10.2. The zero-order chi connectivity index (χ0) is 14.3. The van der Waals surface area contributed by atoms with Gasteiger partial charge >= 0.3 is 0 Å². The maximum Gasteiger partial charge on any atom is 0.270 e. The van der Waals surface area contributed by atoms with E-state index in [-0.39, 0.29) is 22.2 Å². The third-order valence-electron chi connectivity index (χ3n) is 2.42. The average molecular weight is 286 g/mol. The van der Waals surface area contributed by atoms with E-state index in [9.17, 15) is 14.9 Å². The minimum absolute atomic E-state index is 0.0771. The summed E-state index contributed by atoms with van der Waals surface area (Å²) in [5.41, 5.74) is 0.105. The highest BCUT2D eigenvalue weighted by Gasteiger charge is 2.14. The van der Waals surface area contributed by atoms with E-state index in [4.69, 9.17) is 11.6 Å². The van der Waals surface area contributed by atoms with Crippen LogP contribution in [0.4, 0.5) is 5.69 Å². The Hall–Kier alpha value is -1.66. The summed E-state index contributed by atoms with van der Waals surface area (Å²) >= 11 is 5.85. The van der Waals surface area contributed by atoms with Gasteiger partial charge < -0.3 is 10.6 Å². The molecular formula is C12H16ClN3O3. The third-order valence-corrected chi connectivity index (χ3v) is 2.73. The van der Waals surface area contributed by atoms with Crippen molar-refractivity contribution in [1.29, 1.82) is 0 Å². The van der Waals surface area contributed by atoms with E-state index < -0.39 is 4.92 Å². The molecule has 1 rings (SSSR count). The summed E-state index contributed by atoms with van der Waals surface area (Å²) in [6.45, 7) is 4.10. The summed E-state index contributed by atoms with van der Waals surface area (Å²) in [7, 11) is 0. The van der Waals surface area contributed by atoms with Crippen molar-refractivity contribution in [3.8, 4) is 0 Å². The fraction of sp³-hybridized carbons (Fsp3) is 0.417. The van der Waals surface area contributed by atoms with E-state index in [0.29, 0.717) is 13.1 Å². The number of rotatable bonds is 7. The van der Waals surface area contributed by atoms with Gasteiger partial charge in [-0.3, -0.25) is 14.9 Å². The standard InChI is InChI=1S/C12H16ClN3O3/c1-2-5-14-6-7-15-12(17)10-4-3-9(16(18)19)8-11(10)13/h3-4,8,14H,2,5-7H2,1H3,(H,15,17). The molecular weight excluding hydrogens is 270 g/mol. The first kappa shape index (κ1) is 15.4. The Kier molecular flexibility index (Phi) is 6.24. The van der Waals surface area contributed by atoms with Crippen LogP contribution in [0.25, 0.3) is 0 Å². The second kappa shape index (κ2) is 7.70. The van der Waals surface area contributed by atoms with Gasteiger partial charge in [-0.1, -0.05) is 18.5 Å². The van der Waals surface area contributed by atoms with Gasteiger partial charge in [0.1, 0.15) is 0 Å². The molecule has 19 heavy (non-hydrogen) atoms. The van der Waals surface area contributed by atoms with E-state index >= 15 is 0 Å². The van der Waals surface area contributed by atoms with Crippen molar-refractivity contribution in [3.05, 3.63) is 38.9 Å². The first-order chi connectivity index (χ1) is 9.06. The number of nitrogens with one attached hydrogen (secondary N) is 2. The summed E-state index contributed by atoms with van der Waals surface area (Å²) < 4.78 is 0. The van der Waals surface area contributed by atoms with Crippen molar-refractivity contribution < 1.29 is 9.72 Å². The van der Waals surface area contributed by atoms with Crippen molar-refractivity contribution in [2.24, 2.45) is 0 Å². The number of halogens is 1. The molecule has 1 aromatic rings. The number of hydrogen-bond acceptors (Lipinski definition) is 4. The predicted molar refractivity (Wildman–Crippen MR) is 73.6 cm³/mol. The smallest absolute Gasteiger partial charge is 0.270 e. The summed E-state index contributed by atoms with van der Waals surface area (Å²) in [5.74, 6) is -0.335. The summed E-state index contributed by atoms with van der Waals surface area (Å²) in [4.78, 5) is 21.8. The van der Waals surface area contributed by atoms with Crippen LogP contribution in [-0.2, 0) is 0 Å². The van der Waals surface area contributed by atoms with Crippen LogP contribution in [0.15, 0.2) is 18.2 Å². The molecule has 1 aromatic carbocycles. The predicted octanol–water partition coefficient (Wildman–Crippen LogP) is 1.98. The summed E-state index contributed by atoms with van der Waals surface area (Å²) in [6, 6.07) is 3.79. The molecule has 0 fully saturated rings. The quantitative estimate of drug-likeness (QED) is 0.456.